The Labute approximate surface area is 104 Å². The van der Waals surface area contributed by atoms with Crippen molar-refractivity contribution in [2.45, 2.75) is 13.3 Å². The summed E-state index contributed by atoms with van der Waals surface area (Å²) in [6.07, 6.45) is 0.00256. The van der Waals surface area contributed by atoms with Crippen molar-refractivity contribution in [1.29, 1.82) is 0 Å². The van der Waals surface area contributed by atoms with Gasteiger partial charge in [-0.15, -0.1) is 11.6 Å². The van der Waals surface area contributed by atoms with E-state index in [0.29, 0.717) is 11.1 Å². The molecule has 0 radical (unpaired) electrons. The highest BCUT2D eigenvalue weighted by Crippen LogP contribution is 2.20. The van der Waals surface area contributed by atoms with Crippen molar-refractivity contribution < 1.29 is 19.4 Å². The van der Waals surface area contributed by atoms with Gasteiger partial charge in [0.25, 0.3) is 0 Å². The maximum atomic E-state index is 11.4. The molecule has 0 aliphatic rings. The van der Waals surface area contributed by atoms with Crippen LogP contribution < -0.4 is 0 Å². The van der Waals surface area contributed by atoms with Gasteiger partial charge in [0.2, 0.25) is 0 Å². The number of carbonyl (C=O) groups is 2. The third kappa shape index (κ3) is 3.75. The molecule has 1 aromatic carbocycles. The van der Waals surface area contributed by atoms with Gasteiger partial charge in [0.1, 0.15) is 5.75 Å². The van der Waals surface area contributed by atoms with Crippen molar-refractivity contribution in [3.63, 3.8) is 0 Å². The Kier molecular flexibility index (Phi) is 4.97. The fourth-order valence-electron chi connectivity index (χ4n) is 1.33. The van der Waals surface area contributed by atoms with Crippen molar-refractivity contribution >= 4 is 23.4 Å². The number of alkyl halides is 1. The molecular weight excluding hydrogens is 244 g/mol. The monoisotopic (exact) mass is 256 g/mol. The van der Waals surface area contributed by atoms with E-state index < -0.39 is 5.97 Å². The molecule has 1 rings (SSSR count). The number of aromatic hydroxyl groups is 1. The number of hydrogen-bond donors (Lipinski definition) is 1. The first kappa shape index (κ1) is 13.5. The van der Waals surface area contributed by atoms with Gasteiger partial charge in [0.05, 0.1) is 18.1 Å². The first-order valence-electron chi connectivity index (χ1n) is 5.15. The number of hydrogen-bond acceptors (Lipinski definition) is 4. The molecule has 0 aliphatic heterocycles. The highest BCUT2D eigenvalue weighted by atomic mass is 35.5. The van der Waals surface area contributed by atoms with Gasteiger partial charge in [-0.2, -0.15) is 0 Å². The zero-order valence-electron chi connectivity index (χ0n) is 9.40. The van der Waals surface area contributed by atoms with E-state index in [1.165, 1.54) is 18.2 Å². The molecule has 0 atom stereocenters. The summed E-state index contributed by atoms with van der Waals surface area (Å²) in [5, 5.41) is 9.54. The van der Waals surface area contributed by atoms with Crippen LogP contribution in [0, 0.1) is 0 Å². The number of benzene rings is 1. The summed E-state index contributed by atoms with van der Waals surface area (Å²) < 4.78 is 4.82. The second-order valence-electron chi connectivity index (χ2n) is 3.41. The van der Waals surface area contributed by atoms with Crippen molar-refractivity contribution in [1.82, 2.24) is 0 Å². The van der Waals surface area contributed by atoms with E-state index >= 15 is 0 Å². The van der Waals surface area contributed by atoms with E-state index in [-0.39, 0.29) is 30.4 Å². The standard InChI is InChI=1S/C12H13ClO4/c1-2-17-12(16)8-3-4-11(15)9(5-8)6-10(14)7-13/h3-5,15H,2,6-7H2,1H3. The molecule has 0 fully saturated rings. The number of halogens is 1. The second-order valence-corrected chi connectivity index (χ2v) is 3.68. The van der Waals surface area contributed by atoms with E-state index in [1.807, 2.05) is 0 Å². The smallest absolute Gasteiger partial charge is 0.338 e. The fraction of sp³-hybridized carbons (Fsp3) is 0.333. The van der Waals surface area contributed by atoms with Gasteiger partial charge in [-0.3, -0.25) is 4.79 Å². The number of phenolic OH excluding ortho intramolecular Hbond substituents is 1. The minimum atomic E-state index is -0.480. The lowest BCUT2D eigenvalue weighted by Crippen LogP contribution is -2.08. The largest absolute Gasteiger partial charge is 0.508 e. The van der Waals surface area contributed by atoms with Crippen LogP contribution in [-0.4, -0.2) is 29.3 Å². The third-order valence-electron chi connectivity index (χ3n) is 2.13. The van der Waals surface area contributed by atoms with Crippen LogP contribution >= 0.6 is 11.6 Å². The molecule has 0 aromatic heterocycles. The lowest BCUT2D eigenvalue weighted by atomic mass is 10.1. The van der Waals surface area contributed by atoms with Crippen LogP contribution in [0.5, 0.6) is 5.75 Å². The Morgan fingerprint density at radius 3 is 2.71 bits per heavy atom. The summed E-state index contributed by atoms with van der Waals surface area (Å²) in [6, 6.07) is 4.25. The molecule has 0 amide bonds. The minimum absolute atomic E-state index is 0.00256. The maximum Gasteiger partial charge on any atom is 0.338 e. The van der Waals surface area contributed by atoms with Crippen LogP contribution in [0.1, 0.15) is 22.8 Å². The molecule has 0 heterocycles. The quantitative estimate of drug-likeness (QED) is 0.646. The van der Waals surface area contributed by atoms with Gasteiger partial charge in [0.15, 0.2) is 5.78 Å². The number of Topliss-reactive ketones (excluding diaryl/α,β-unsaturated/α-hetero) is 1. The molecule has 17 heavy (non-hydrogen) atoms. The van der Waals surface area contributed by atoms with Crippen LogP contribution in [0.3, 0.4) is 0 Å². The van der Waals surface area contributed by atoms with Crippen LogP contribution in [-0.2, 0) is 16.0 Å². The van der Waals surface area contributed by atoms with Crippen molar-refractivity contribution in [3.05, 3.63) is 29.3 Å². The molecule has 1 N–H and O–H groups in total. The van der Waals surface area contributed by atoms with Crippen molar-refractivity contribution in [2.24, 2.45) is 0 Å². The molecule has 1 aromatic rings. The highest BCUT2D eigenvalue weighted by Gasteiger charge is 2.12. The third-order valence-corrected chi connectivity index (χ3v) is 2.43. The zero-order chi connectivity index (χ0) is 12.8. The van der Waals surface area contributed by atoms with Crippen LogP contribution in [0.4, 0.5) is 0 Å². The van der Waals surface area contributed by atoms with E-state index in [4.69, 9.17) is 16.3 Å². The summed E-state index contributed by atoms with van der Waals surface area (Å²) in [6.45, 7) is 1.98. The summed E-state index contributed by atoms with van der Waals surface area (Å²) >= 11 is 5.38. The van der Waals surface area contributed by atoms with E-state index in [0.717, 1.165) is 0 Å². The molecule has 0 unspecified atom stereocenters. The summed E-state index contributed by atoms with van der Waals surface area (Å²) in [5.74, 6) is -0.852. The molecule has 0 saturated heterocycles. The topological polar surface area (TPSA) is 63.6 Å². The molecule has 92 valence electrons. The fourth-order valence-corrected chi connectivity index (χ4v) is 1.42. The number of rotatable bonds is 5. The summed E-state index contributed by atoms with van der Waals surface area (Å²) in [7, 11) is 0. The molecule has 0 spiro atoms. The van der Waals surface area contributed by atoms with Crippen molar-refractivity contribution in [2.75, 3.05) is 12.5 Å². The summed E-state index contributed by atoms with van der Waals surface area (Å²) in [5.41, 5.74) is 0.684. The Bertz CT molecular complexity index is 429. The predicted octanol–water partition coefficient (Wildman–Crippen LogP) is 1.92. The lowest BCUT2D eigenvalue weighted by Gasteiger charge is -2.06. The SMILES string of the molecule is CCOC(=O)c1ccc(O)c(CC(=O)CCl)c1. The van der Waals surface area contributed by atoms with Crippen LogP contribution in [0.15, 0.2) is 18.2 Å². The molecule has 0 bridgehead atoms. The lowest BCUT2D eigenvalue weighted by molar-refractivity contribution is -0.116. The van der Waals surface area contributed by atoms with Crippen LogP contribution in [0.2, 0.25) is 0 Å². The first-order chi connectivity index (χ1) is 8.08. The van der Waals surface area contributed by atoms with Gasteiger partial charge < -0.3 is 9.84 Å². The van der Waals surface area contributed by atoms with Gasteiger partial charge in [-0.05, 0) is 25.1 Å². The van der Waals surface area contributed by atoms with Gasteiger partial charge in [-0.1, -0.05) is 0 Å². The van der Waals surface area contributed by atoms with E-state index in [2.05, 4.69) is 0 Å². The molecule has 4 nitrogen and oxygen atoms in total. The average molecular weight is 257 g/mol. The van der Waals surface area contributed by atoms with Gasteiger partial charge in [0, 0.05) is 12.0 Å². The number of ketones is 1. The number of carbonyl (C=O) groups excluding carboxylic acids is 2. The second kappa shape index (κ2) is 6.25. The molecule has 0 saturated carbocycles. The Morgan fingerprint density at radius 1 is 1.41 bits per heavy atom. The van der Waals surface area contributed by atoms with Crippen LogP contribution in [0.25, 0.3) is 0 Å². The summed E-state index contributed by atoms with van der Waals surface area (Å²) in [4.78, 5) is 22.6. The number of ether oxygens (including phenoxy) is 1. The molecule has 5 heteroatoms. The van der Waals surface area contributed by atoms with Gasteiger partial charge in [-0.25, -0.2) is 4.79 Å². The Balaban J connectivity index is 2.93. The first-order valence-corrected chi connectivity index (χ1v) is 5.68. The maximum absolute atomic E-state index is 11.4. The highest BCUT2D eigenvalue weighted by molar-refractivity contribution is 6.27. The predicted molar refractivity (Wildman–Crippen MR) is 63.5 cm³/mol. The van der Waals surface area contributed by atoms with Gasteiger partial charge >= 0.3 is 5.97 Å². The Morgan fingerprint density at radius 2 is 2.12 bits per heavy atom. The molecule has 0 aliphatic carbocycles. The van der Waals surface area contributed by atoms with E-state index in [1.54, 1.807) is 6.92 Å². The average Bonchev–Trinajstić information content (AvgIpc) is 2.32. The number of phenols is 1. The minimum Gasteiger partial charge on any atom is -0.508 e. The zero-order valence-corrected chi connectivity index (χ0v) is 10.2. The Hall–Kier alpha value is -1.55. The normalized spacial score (nSPS) is 10.0. The van der Waals surface area contributed by atoms with Crippen molar-refractivity contribution in [3.8, 4) is 5.75 Å². The van der Waals surface area contributed by atoms with E-state index in [9.17, 15) is 14.7 Å². The molecular formula is C12H13ClO4. The number of esters is 1.